The maximum Gasteiger partial charge on any atom is 3.00 e. The second-order valence-electron chi connectivity index (χ2n) is 0. The van der Waals surface area contributed by atoms with Crippen LogP contribution in [0.25, 0.3) is 12.3 Å². The summed E-state index contributed by atoms with van der Waals surface area (Å²) in [6, 6.07) is 0. The molecule has 0 amide bonds. The molecular weight excluding hydrogens is 295 g/mol. The summed E-state index contributed by atoms with van der Waals surface area (Å²) in [5.41, 5.74) is 0. The number of nitrogens with zero attached hydrogens (tertiary/aromatic N) is 2. The Morgan fingerprint density at radius 3 is 0.750 bits per heavy atom. The molecule has 0 spiro atoms. The van der Waals surface area contributed by atoms with Crippen LogP contribution >= 0.6 is 0 Å². The zero-order valence-corrected chi connectivity index (χ0v) is 6.36. The van der Waals surface area contributed by atoms with Gasteiger partial charge in [-0.2, -0.15) is 0 Å². The molecule has 0 atom stereocenters. The van der Waals surface area contributed by atoms with E-state index in [0.29, 0.717) is 0 Å². The molecule has 4 heteroatoms. The van der Waals surface area contributed by atoms with E-state index >= 15 is 0 Å². The zero-order chi connectivity index (χ0) is 0. The van der Waals surface area contributed by atoms with E-state index in [2.05, 4.69) is 0 Å². The summed E-state index contributed by atoms with van der Waals surface area (Å²) in [5.74, 6) is 0. The molecule has 2 nitrogen and oxygen atoms in total. The molecule has 0 radical (unpaired) electrons. The van der Waals surface area contributed by atoms with Crippen LogP contribution in [-0.2, 0) is 22.4 Å². The minimum Gasteiger partial charge on any atom is -3.00 e. The Hall–Kier alpha value is 1.30. The number of rotatable bonds is 0. The van der Waals surface area contributed by atoms with Crippen molar-refractivity contribution in [3.63, 3.8) is 0 Å². The summed E-state index contributed by atoms with van der Waals surface area (Å²) in [6.45, 7) is 0. The first-order chi connectivity index (χ1) is 0. The van der Waals surface area contributed by atoms with Crippen LogP contribution in [0.5, 0.6) is 0 Å². The van der Waals surface area contributed by atoms with E-state index in [1.54, 1.807) is 0 Å². The fourth-order valence-corrected chi connectivity index (χ4v) is 0. The molecule has 0 heterocycles. The second kappa shape index (κ2) is 27.8. The average molecular weight is 295 g/mol. The normalized spacial score (nSPS) is 0. The van der Waals surface area contributed by atoms with Crippen LogP contribution in [0.1, 0.15) is 0 Å². The molecule has 24 valence electrons. The van der Waals surface area contributed by atoms with Gasteiger partial charge in [0.2, 0.25) is 0 Å². The molecule has 0 aromatic heterocycles. The van der Waals surface area contributed by atoms with E-state index in [0.717, 1.165) is 0 Å². The van der Waals surface area contributed by atoms with Gasteiger partial charge in [-0.1, -0.05) is 0 Å². The first kappa shape index (κ1) is 58.2. The number of hydrogen-bond donors (Lipinski definition) is 0. The van der Waals surface area contributed by atoms with Gasteiger partial charge in [-0.25, -0.2) is 0 Å². The van der Waals surface area contributed by atoms with Crippen LogP contribution < -0.4 is 0 Å². The molecule has 0 aliphatic carbocycles. The summed E-state index contributed by atoms with van der Waals surface area (Å²) in [5, 5.41) is 0. The van der Waals surface area contributed by atoms with Gasteiger partial charge < -0.3 is 12.3 Å². The molecule has 0 N–H and O–H groups in total. The van der Waals surface area contributed by atoms with Gasteiger partial charge in [0.1, 0.15) is 0 Å². The van der Waals surface area contributed by atoms with Crippen molar-refractivity contribution in [2.24, 2.45) is 0 Å². The molecule has 0 aromatic carbocycles. The topological polar surface area (TPSA) is 61.0 Å². The molecule has 0 unspecified atom stereocenters. The minimum atomic E-state index is 0. The molecule has 4 heavy (non-hydrogen) atoms. The Balaban J connectivity index is 0. The Kier molecular flexibility index (Phi) is 404. The SMILES string of the molecule is [Au+3].[Ga+3].[N-3].[N-3]. The van der Waals surface area contributed by atoms with Gasteiger partial charge in [-0.15, -0.1) is 0 Å². The fraction of sp³-hybridized carbons (Fsp3) is 0. The first-order valence-corrected chi connectivity index (χ1v) is 0. The molecule has 0 aliphatic heterocycles. The van der Waals surface area contributed by atoms with Crippen molar-refractivity contribution >= 4 is 19.8 Å². The summed E-state index contributed by atoms with van der Waals surface area (Å²) < 4.78 is 0. The van der Waals surface area contributed by atoms with Crippen molar-refractivity contribution in [1.29, 1.82) is 0 Å². The van der Waals surface area contributed by atoms with Gasteiger partial charge in [0, 0.05) is 0 Å². The van der Waals surface area contributed by atoms with Gasteiger partial charge in [0.15, 0.2) is 0 Å². The summed E-state index contributed by atoms with van der Waals surface area (Å²) >= 11 is 0. The van der Waals surface area contributed by atoms with E-state index < -0.39 is 0 Å². The Bertz CT molecular complexity index is 6.00. The van der Waals surface area contributed by atoms with Crippen LogP contribution in [0.4, 0.5) is 0 Å². The van der Waals surface area contributed by atoms with Gasteiger partial charge in [0.25, 0.3) is 0 Å². The summed E-state index contributed by atoms with van der Waals surface area (Å²) in [4.78, 5) is 0. The molecule has 0 aromatic rings. The van der Waals surface area contributed by atoms with Gasteiger partial charge in [-0.05, 0) is 0 Å². The smallest absolute Gasteiger partial charge is 3.00 e. The average Bonchev–Trinajstić information content (AvgIpc) is 0. The molecule has 0 bridgehead atoms. The molecule has 0 aliphatic rings. The van der Waals surface area contributed by atoms with Crippen LogP contribution in [0, 0.1) is 0 Å². The quantitative estimate of drug-likeness (QED) is 0.573. The van der Waals surface area contributed by atoms with Crippen LogP contribution in [0.3, 0.4) is 0 Å². The third kappa shape index (κ3) is 10.3. The maximum absolute atomic E-state index is 0. The summed E-state index contributed by atoms with van der Waals surface area (Å²) in [6.07, 6.45) is 0. The van der Waals surface area contributed by atoms with Crippen LogP contribution in [0.2, 0.25) is 0 Å². The van der Waals surface area contributed by atoms with E-state index in [1.807, 2.05) is 0 Å². The molecule has 0 fully saturated rings. The first-order valence-electron chi connectivity index (χ1n) is 0. The van der Waals surface area contributed by atoms with Crippen molar-refractivity contribution in [2.45, 2.75) is 0 Å². The Labute approximate surface area is 54.5 Å². The molecule has 0 saturated carbocycles. The van der Waals surface area contributed by atoms with E-state index in [1.165, 1.54) is 0 Å². The predicted octanol–water partition coefficient (Wildman–Crippen LogP) is 0.194. The van der Waals surface area contributed by atoms with Gasteiger partial charge in [-0.3, -0.25) is 0 Å². The van der Waals surface area contributed by atoms with Crippen molar-refractivity contribution in [3.05, 3.63) is 12.3 Å². The molecule has 0 rings (SSSR count). The second-order valence-corrected chi connectivity index (χ2v) is 0. The third-order valence-corrected chi connectivity index (χ3v) is 0. The predicted molar refractivity (Wildman–Crippen MR) is 12.5 cm³/mol. The Morgan fingerprint density at radius 1 is 0.750 bits per heavy atom. The summed E-state index contributed by atoms with van der Waals surface area (Å²) in [7, 11) is 0. The van der Waals surface area contributed by atoms with Gasteiger partial charge >= 0.3 is 42.2 Å². The maximum atomic E-state index is 0. The standard InChI is InChI=1S/Au.Ga.2N/q2*+3;2*-3. The van der Waals surface area contributed by atoms with E-state index in [-0.39, 0.29) is 54.5 Å². The van der Waals surface area contributed by atoms with Crippen LogP contribution in [0.15, 0.2) is 0 Å². The Morgan fingerprint density at radius 2 is 0.750 bits per heavy atom. The molecular formula is AuGaN2. The monoisotopic (exact) mass is 294 g/mol. The fourth-order valence-electron chi connectivity index (χ4n) is 0. The van der Waals surface area contributed by atoms with Crippen molar-refractivity contribution < 1.29 is 22.4 Å². The zero-order valence-electron chi connectivity index (χ0n) is 1.77. The van der Waals surface area contributed by atoms with Crippen LogP contribution in [-0.4, -0.2) is 19.8 Å². The third-order valence-electron chi connectivity index (χ3n) is 0. The number of hydrogen-bond acceptors (Lipinski definition) is 0. The van der Waals surface area contributed by atoms with Crippen molar-refractivity contribution in [3.8, 4) is 0 Å². The minimum absolute atomic E-state index is 0. The van der Waals surface area contributed by atoms with E-state index in [4.69, 9.17) is 0 Å². The van der Waals surface area contributed by atoms with E-state index in [9.17, 15) is 0 Å². The van der Waals surface area contributed by atoms with Gasteiger partial charge in [0.05, 0.1) is 0 Å². The van der Waals surface area contributed by atoms with Crippen molar-refractivity contribution in [1.82, 2.24) is 0 Å². The van der Waals surface area contributed by atoms with Crippen molar-refractivity contribution in [2.75, 3.05) is 0 Å². The largest absolute Gasteiger partial charge is 3.00 e. The molecule has 0 saturated heterocycles.